The van der Waals surface area contributed by atoms with Gasteiger partial charge in [0.15, 0.2) is 0 Å². The monoisotopic (exact) mass is 488 g/mol. The van der Waals surface area contributed by atoms with E-state index in [2.05, 4.69) is 10.6 Å². The lowest BCUT2D eigenvalue weighted by atomic mass is 10.0. The highest BCUT2D eigenvalue weighted by molar-refractivity contribution is 8.00. The molecule has 2 unspecified atom stereocenters. The Morgan fingerprint density at radius 3 is 2.09 bits per heavy atom. The number of alkyl carbamates (subject to hydrolysis) is 2. The Hall–Kier alpha value is -3.20. The number of rotatable bonds is 11. The number of thioether (sulfide) groups is 1. The maximum absolute atomic E-state index is 12.3. The number of hydrogen-bond donors (Lipinski definition) is 3. The Labute approximate surface area is 204 Å². The van der Waals surface area contributed by atoms with Crippen molar-refractivity contribution in [3.63, 3.8) is 0 Å². The predicted octanol–water partition coefficient (Wildman–Crippen LogP) is 4.24. The normalized spacial score (nSPS) is 12.8. The van der Waals surface area contributed by atoms with Crippen molar-refractivity contribution in [2.75, 3.05) is 12.3 Å². The molecule has 0 aromatic heterocycles. The van der Waals surface area contributed by atoms with Crippen LogP contribution in [0.25, 0.3) is 0 Å². The van der Waals surface area contributed by atoms with Gasteiger partial charge in [-0.2, -0.15) is 11.8 Å². The third kappa shape index (κ3) is 10.6. The first-order chi connectivity index (χ1) is 16.1. The first-order valence-corrected chi connectivity index (χ1v) is 12.0. The second-order valence-corrected chi connectivity index (χ2v) is 9.90. The third-order valence-corrected chi connectivity index (χ3v) is 5.81. The maximum atomic E-state index is 12.3. The van der Waals surface area contributed by atoms with Crippen LogP contribution in [0.5, 0.6) is 0 Å². The maximum Gasteiger partial charge on any atom is 0.408 e. The second kappa shape index (κ2) is 13.5. The molecule has 9 heteroatoms. The summed E-state index contributed by atoms with van der Waals surface area (Å²) in [6.07, 6.45) is -0.927. The van der Waals surface area contributed by atoms with Gasteiger partial charge in [-0.05, 0) is 38.3 Å². The Balaban J connectivity index is 1.94. The smallest absolute Gasteiger partial charge is 0.408 e. The zero-order valence-electron chi connectivity index (χ0n) is 19.7. The zero-order valence-corrected chi connectivity index (χ0v) is 20.5. The molecule has 0 radical (unpaired) electrons. The first-order valence-electron chi connectivity index (χ1n) is 11.0. The van der Waals surface area contributed by atoms with Crippen LogP contribution in [0.1, 0.15) is 31.9 Å². The number of carbonyl (C=O) groups excluding carboxylic acids is 2. The minimum absolute atomic E-state index is 0.164. The quantitative estimate of drug-likeness (QED) is 0.406. The Morgan fingerprint density at radius 1 is 0.941 bits per heavy atom. The van der Waals surface area contributed by atoms with Crippen LogP contribution in [0.3, 0.4) is 0 Å². The molecule has 0 saturated carbocycles. The molecule has 2 rings (SSSR count). The van der Waals surface area contributed by atoms with Crippen LogP contribution in [0, 0.1) is 0 Å². The van der Waals surface area contributed by atoms with Gasteiger partial charge >= 0.3 is 18.2 Å². The van der Waals surface area contributed by atoms with E-state index in [1.165, 1.54) is 11.8 Å². The molecule has 0 heterocycles. The number of aliphatic carboxylic acids is 1. The summed E-state index contributed by atoms with van der Waals surface area (Å²) in [5.74, 6) is -0.730. The minimum Gasteiger partial charge on any atom is -0.480 e. The Bertz CT molecular complexity index is 918. The van der Waals surface area contributed by atoms with E-state index >= 15 is 0 Å². The van der Waals surface area contributed by atoms with Crippen LogP contribution in [0.15, 0.2) is 60.7 Å². The van der Waals surface area contributed by atoms with Gasteiger partial charge in [0.1, 0.15) is 18.2 Å². The lowest BCUT2D eigenvalue weighted by Crippen LogP contribution is -2.50. The molecular weight excluding hydrogens is 456 g/mol. The number of hydrogen-bond acceptors (Lipinski definition) is 6. The highest BCUT2D eigenvalue weighted by atomic mass is 32.2. The number of carboxylic acid groups (broad SMARTS) is 1. The summed E-state index contributed by atoms with van der Waals surface area (Å²) in [6.45, 7) is 5.57. The fraction of sp³-hybridized carbons (Fsp3) is 0.400. The van der Waals surface area contributed by atoms with Crippen LogP contribution in [-0.2, 0) is 27.3 Å². The molecule has 8 nitrogen and oxygen atoms in total. The van der Waals surface area contributed by atoms with Gasteiger partial charge in [-0.15, -0.1) is 0 Å². The molecular formula is C25H32N2O6S. The standard InChI is InChI=1S/C25H32N2O6S/c1-25(2,3)33-24(31)27-21(22(28)29)20(16-18-10-6-4-7-11-18)34-15-14-26-23(30)32-17-19-12-8-5-9-13-19/h4-13,20-21H,14-17H2,1-3H3,(H,26,30)(H,27,31)(H,28,29). The van der Waals surface area contributed by atoms with Crippen LogP contribution in [0.2, 0.25) is 0 Å². The number of carbonyl (C=O) groups is 3. The van der Waals surface area contributed by atoms with E-state index in [1.54, 1.807) is 20.8 Å². The van der Waals surface area contributed by atoms with Crippen LogP contribution in [0.4, 0.5) is 9.59 Å². The number of amides is 2. The lowest BCUT2D eigenvalue weighted by molar-refractivity contribution is -0.139. The van der Waals surface area contributed by atoms with Crippen molar-refractivity contribution in [2.24, 2.45) is 0 Å². The predicted molar refractivity (Wildman–Crippen MR) is 132 cm³/mol. The molecule has 2 aromatic rings. The fourth-order valence-electron chi connectivity index (χ4n) is 3.01. The molecule has 0 aliphatic heterocycles. The highest BCUT2D eigenvalue weighted by Crippen LogP contribution is 2.21. The van der Waals surface area contributed by atoms with Crippen molar-refractivity contribution in [1.82, 2.24) is 10.6 Å². The molecule has 0 aliphatic carbocycles. The SMILES string of the molecule is CC(C)(C)OC(=O)NC(C(=O)O)C(Cc1ccccc1)SCCNC(=O)OCc1ccccc1. The van der Waals surface area contributed by atoms with Gasteiger partial charge in [-0.3, -0.25) is 0 Å². The Morgan fingerprint density at radius 2 is 1.53 bits per heavy atom. The summed E-state index contributed by atoms with van der Waals surface area (Å²) >= 11 is 1.35. The summed E-state index contributed by atoms with van der Waals surface area (Å²) in [6, 6.07) is 17.6. The highest BCUT2D eigenvalue weighted by Gasteiger charge is 2.32. The van der Waals surface area contributed by atoms with E-state index in [-0.39, 0.29) is 13.2 Å². The van der Waals surface area contributed by atoms with Crippen molar-refractivity contribution in [3.05, 3.63) is 71.8 Å². The van der Waals surface area contributed by atoms with Crippen molar-refractivity contribution >= 4 is 29.9 Å². The van der Waals surface area contributed by atoms with Crippen LogP contribution in [-0.4, -0.2) is 52.5 Å². The summed E-state index contributed by atoms with van der Waals surface area (Å²) in [7, 11) is 0. The van der Waals surface area contributed by atoms with Gasteiger partial charge in [-0.25, -0.2) is 14.4 Å². The summed E-state index contributed by atoms with van der Waals surface area (Å²) in [5.41, 5.74) is 1.07. The van der Waals surface area contributed by atoms with E-state index < -0.39 is 35.0 Å². The van der Waals surface area contributed by atoms with Crippen molar-refractivity contribution in [3.8, 4) is 0 Å². The Kier molecular flexibility index (Phi) is 10.7. The van der Waals surface area contributed by atoms with Gasteiger partial charge in [0.25, 0.3) is 0 Å². The molecule has 184 valence electrons. The molecule has 0 spiro atoms. The number of ether oxygens (including phenoxy) is 2. The molecule has 0 aliphatic rings. The van der Waals surface area contributed by atoms with E-state index in [0.717, 1.165) is 11.1 Å². The largest absolute Gasteiger partial charge is 0.480 e. The summed E-state index contributed by atoms with van der Waals surface area (Å²) in [5, 5.41) is 14.5. The summed E-state index contributed by atoms with van der Waals surface area (Å²) in [4.78, 5) is 36.2. The zero-order chi connectivity index (χ0) is 25.0. The topological polar surface area (TPSA) is 114 Å². The van der Waals surface area contributed by atoms with Gasteiger partial charge in [0, 0.05) is 17.5 Å². The number of benzene rings is 2. The molecule has 2 amide bonds. The molecule has 0 saturated heterocycles. The molecule has 2 atom stereocenters. The first kappa shape index (κ1) is 27.0. The molecule has 0 bridgehead atoms. The summed E-state index contributed by atoms with van der Waals surface area (Å²) < 4.78 is 10.4. The van der Waals surface area contributed by atoms with Crippen molar-refractivity contribution in [1.29, 1.82) is 0 Å². The van der Waals surface area contributed by atoms with Crippen molar-refractivity contribution in [2.45, 2.75) is 50.7 Å². The van der Waals surface area contributed by atoms with Crippen molar-refractivity contribution < 1.29 is 29.0 Å². The van der Waals surface area contributed by atoms with Gasteiger partial charge in [0.05, 0.1) is 0 Å². The number of nitrogens with one attached hydrogen (secondary N) is 2. The van der Waals surface area contributed by atoms with E-state index in [1.807, 2.05) is 60.7 Å². The van der Waals surface area contributed by atoms with Crippen LogP contribution < -0.4 is 10.6 Å². The fourth-order valence-corrected chi connectivity index (χ4v) is 4.22. The molecule has 3 N–H and O–H groups in total. The second-order valence-electron chi connectivity index (χ2n) is 8.55. The average molecular weight is 489 g/mol. The van der Waals surface area contributed by atoms with Gasteiger partial charge in [-0.1, -0.05) is 60.7 Å². The third-order valence-electron chi connectivity index (χ3n) is 4.51. The van der Waals surface area contributed by atoms with E-state index in [4.69, 9.17) is 9.47 Å². The molecule has 0 fully saturated rings. The van der Waals surface area contributed by atoms with Crippen LogP contribution >= 0.6 is 11.8 Å². The molecule has 34 heavy (non-hydrogen) atoms. The van der Waals surface area contributed by atoms with Gasteiger partial charge in [0.2, 0.25) is 0 Å². The van der Waals surface area contributed by atoms with E-state index in [0.29, 0.717) is 12.2 Å². The van der Waals surface area contributed by atoms with Gasteiger partial charge < -0.3 is 25.2 Å². The minimum atomic E-state index is -1.18. The average Bonchev–Trinajstić information content (AvgIpc) is 2.78. The lowest BCUT2D eigenvalue weighted by Gasteiger charge is -2.27. The molecule has 2 aromatic carbocycles. The van der Waals surface area contributed by atoms with E-state index in [9.17, 15) is 19.5 Å². The number of carboxylic acids is 1.